The number of ether oxygens (including phenoxy) is 1. The molecule has 1 aliphatic heterocycles. The number of carbonyl (C=O) groups excluding carboxylic acids is 1. The highest BCUT2D eigenvalue weighted by Gasteiger charge is 2.26. The molecule has 5 heteroatoms. The molecular weight excluding hydrogens is 248 g/mol. The maximum Gasteiger partial charge on any atom is 0.237 e. The zero-order chi connectivity index (χ0) is 13.0. The number of hydrogen-bond acceptors (Lipinski definition) is 4. The van der Waals surface area contributed by atoms with E-state index in [2.05, 4.69) is 5.32 Å². The van der Waals surface area contributed by atoms with Gasteiger partial charge in [0.1, 0.15) is 11.0 Å². The van der Waals surface area contributed by atoms with E-state index in [1.54, 1.807) is 18.9 Å². The predicted octanol–water partition coefficient (Wildman–Crippen LogP) is 1.32. The second-order valence-corrected chi connectivity index (χ2v) is 5.47. The molecule has 0 spiro atoms. The number of amides is 1. The van der Waals surface area contributed by atoms with Crippen molar-refractivity contribution in [1.82, 2.24) is 5.32 Å². The summed E-state index contributed by atoms with van der Waals surface area (Å²) in [5.74, 6) is 1.80. The molecule has 0 saturated carbocycles. The van der Waals surface area contributed by atoms with Crippen molar-refractivity contribution in [1.29, 1.82) is 0 Å². The quantitative estimate of drug-likeness (QED) is 0.866. The van der Waals surface area contributed by atoms with Crippen LogP contribution in [0.15, 0.2) is 24.3 Å². The van der Waals surface area contributed by atoms with Crippen molar-refractivity contribution < 1.29 is 9.53 Å². The van der Waals surface area contributed by atoms with Crippen molar-refractivity contribution in [3.8, 4) is 5.75 Å². The molecule has 1 saturated heterocycles. The molecule has 0 radical (unpaired) electrons. The summed E-state index contributed by atoms with van der Waals surface area (Å²) in [6, 6.07) is 7.76. The summed E-state index contributed by atoms with van der Waals surface area (Å²) in [6.07, 6.45) is 0.930. The van der Waals surface area contributed by atoms with Crippen molar-refractivity contribution in [2.45, 2.75) is 17.7 Å². The Morgan fingerprint density at radius 2 is 2.17 bits per heavy atom. The molecule has 0 aliphatic carbocycles. The van der Waals surface area contributed by atoms with Crippen LogP contribution in [-0.2, 0) is 4.79 Å². The Labute approximate surface area is 111 Å². The van der Waals surface area contributed by atoms with Gasteiger partial charge in [0.05, 0.1) is 7.11 Å². The van der Waals surface area contributed by atoms with Crippen LogP contribution in [0, 0.1) is 0 Å². The van der Waals surface area contributed by atoms with Crippen LogP contribution in [0.3, 0.4) is 0 Å². The maximum absolute atomic E-state index is 12.1. The van der Waals surface area contributed by atoms with Crippen LogP contribution in [0.4, 0.5) is 0 Å². The number of carbonyl (C=O) groups is 1. The lowest BCUT2D eigenvalue weighted by atomic mass is 10.1. The van der Waals surface area contributed by atoms with Gasteiger partial charge in [-0.2, -0.15) is 0 Å². The smallest absolute Gasteiger partial charge is 0.237 e. The van der Waals surface area contributed by atoms with Crippen molar-refractivity contribution in [3.63, 3.8) is 0 Å². The molecule has 1 aromatic rings. The minimum absolute atomic E-state index is 0.0538. The van der Waals surface area contributed by atoms with Crippen LogP contribution in [0.2, 0.25) is 0 Å². The molecule has 1 heterocycles. The topological polar surface area (TPSA) is 64.3 Å². The Hall–Kier alpha value is -1.20. The van der Waals surface area contributed by atoms with E-state index < -0.39 is 0 Å². The van der Waals surface area contributed by atoms with Gasteiger partial charge >= 0.3 is 0 Å². The molecule has 0 aromatic heterocycles. The Balaban J connectivity index is 2.13. The van der Waals surface area contributed by atoms with E-state index >= 15 is 0 Å². The lowest BCUT2D eigenvalue weighted by molar-refractivity contribution is -0.121. The number of nitrogens with two attached hydrogens (primary N) is 1. The molecule has 1 amide bonds. The minimum Gasteiger partial charge on any atom is -0.497 e. The molecular formula is C13H18N2O2S. The van der Waals surface area contributed by atoms with E-state index in [9.17, 15) is 4.79 Å². The van der Waals surface area contributed by atoms with Crippen LogP contribution in [0.1, 0.15) is 17.2 Å². The molecule has 0 bridgehead atoms. The van der Waals surface area contributed by atoms with Gasteiger partial charge in [0.2, 0.25) is 5.91 Å². The highest BCUT2D eigenvalue weighted by Crippen LogP contribution is 2.32. The lowest BCUT2D eigenvalue weighted by Gasteiger charge is -2.15. The van der Waals surface area contributed by atoms with Crippen LogP contribution in [-0.4, -0.2) is 31.4 Å². The van der Waals surface area contributed by atoms with Crippen LogP contribution in [0.25, 0.3) is 0 Å². The monoisotopic (exact) mass is 266 g/mol. The number of benzene rings is 1. The molecule has 3 N–H and O–H groups in total. The van der Waals surface area contributed by atoms with Gasteiger partial charge in [-0.1, -0.05) is 12.1 Å². The van der Waals surface area contributed by atoms with E-state index in [-0.39, 0.29) is 17.2 Å². The van der Waals surface area contributed by atoms with Gasteiger partial charge in [0.25, 0.3) is 0 Å². The maximum atomic E-state index is 12.1. The van der Waals surface area contributed by atoms with E-state index in [0.717, 1.165) is 23.5 Å². The largest absolute Gasteiger partial charge is 0.497 e. The molecule has 98 valence electrons. The Bertz CT molecular complexity index is 408. The molecule has 18 heavy (non-hydrogen) atoms. The normalized spacial score (nSPS) is 24.2. The van der Waals surface area contributed by atoms with Gasteiger partial charge in [-0.25, -0.2) is 0 Å². The van der Waals surface area contributed by atoms with E-state index in [1.807, 2.05) is 24.3 Å². The number of hydrogen-bond donors (Lipinski definition) is 2. The van der Waals surface area contributed by atoms with Crippen LogP contribution in [0.5, 0.6) is 5.75 Å². The first-order valence-corrected chi connectivity index (χ1v) is 7.05. The summed E-state index contributed by atoms with van der Waals surface area (Å²) in [5, 5.41) is 2.84. The van der Waals surface area contributed by atoms with E-state index in [4.69, 9.17) is 10.5 Å². The average molecular weight is 266 g/mol. The van der Waals surface area contributed by atoms with E-state index in [1.165, 1.54) is 0 Å². The fraction of sp³-hybridized carbons (Fsp3) is 0.462. The fourth-order valence-corrected chi connectivity index (χ4v) is 3.18. The SMILES string of the molecule is COc1ccc([C@H]2SCC[C@@H](CN)NC2=O)cc1. The summed E-state index contributed by atoms with van der Waals surface area (Å²) in [7, 11) is 1.63. The molecule has 2 atom stereocenters. The van der Waals surface area contributed by atoms with Crippen molar-refractivity contribution in [2.75, 3.05) is 19.4 Å². The number of methoxy groups -OCH3 is 1. The summed E-state index contributed by atoms with van der Waals surface area (Å²) in [4.78, 5) is 12.1. The molecule has 1 fully saturated rings. The van der Waals surface area contributed by atoms with Crippen molar-refractivity contribution in [3.05, 3.63) is 29.8 Å². The number of thioether (sulfide) groups is 1. The summed E-state index contributed by atoms with van der Waals surface area (Å²) < 4.78 is 5.12. The summed E-state index contributed by atoms with van der Waals surface area (Å²) in [6.45, 7) is 0.502. The molecule has 4 nitrogen and oxygen atoms in total. The standard InChI is InChI=1S/C13H18N2O2S/c1-17-11-4-2-9(3-5-11)12-13(16)15-10(8-14)6-7-18-12/h2-5,10,12H,6-8,14H2,1H3,(H,15,16)/t10-,12+/m0/s1. The third-order valence-corrected chi connectivity index (χ3v) is 4.33. The Morgan fingerprint density at radius 3 is 2.78 bits per heavy atom. The van der Waals surface area contributed by atoms with E-state index in [0.29, 0.717) is 6.54 Å². The second kappa shape index (κ2) is 6.11. The lowest BCUT2D eigenvalue weighted by Crippen LogP contribution is -2.40. The van der Waals surface area contributed by atoms with Crippen LogP contribution >= 0.6 is 11.8 Å². The highest BCUT2D eigenvalue weighted by atomic mass is 32.2. The predicted molar refractivity (Wildman–Crippen MR) is 73.8 cm³/mol. The minimum atomic E-state index is -0.146. The zero-order valence-electron chi connectivity index (χ0n) is 10.4. The first kappa shape index (κ1) is 13.2. The fourth-order valence-electron chi connectivity index (χ4n) is 1.96. The number of rotatable bonds is 3. The van der Waals surface area contributed by atoms with Crippen molar-refractivity contribution in [2.24, 2.45) is 5.73 Å². The first-order chi connectivity index (χ1) is 8.74. The number of nitrogens with one attached hydrogen (secondary N) is 1. The van der Waals surface area contributed by atoms with Gasteiger partial charge in [-0.05, 0) is 29.9 Å². The molecule has 1 aliphatic rings. The Kier molecular flexibility index (Phi) is 4.49. The van der Waals surface area contributed by atoms with Gasteiger partial charge in [-0.3, -0.25) is 4.79 Å². The molecule has 0 unspecified atom stereocenters. The summed E-state index contributed by atoms with van der Waals surface area (Å²) >= 11 is 1.67. The molecule has 1 aromatic carbocycles. The van der Waals surface area contributed by atoms with Crippen LogP contribution < -0.4 is 15.8 Å². The second-order valence-electron chi connectivity index (χ2n) is 4.25. The molecule has 2 rings (SSSR count). The van der Waals surface area contributed by atoms with Gasteiger partial charge in [0.15, 0.2) is 0 Å². The zero-order valence-corrected chi connectivity index (χ0v) is 11.2. The summed E-state index contributed by atoms with van der Waals surface area (Å²) in [5.41, 5.74) is 6.63. The van der Waals surface area contributed by atoms with Gasteiger partial charge in [-0.15, -0.1) is 11.8 Å². The van der Waals surface area contributed by atoms with Crippen molar-refractivity contribution >= 4 is 17.7 Å². The average Bonchev–Trinajstić information content (AvgIpc) is 2.60. The highest BCUT2D eigenvalue weighted by molar-refractivity contribution is 8.00. The van der Waals surface area contributed by atoms with Gasteiger partial charge in [0, 0.05) is 12.6 Å². The Morgan fingerprint density at radius 1 is 1.44 bits per heavy atom. The third-order valence-electron chi connectivity index (χ3n) is 3.04. The third kappa shape index (κ3) is 2.97. The van der Waals surface area contributed by atoms with Gasteiger partial charge < -0.3 is 15.8 Å². The first-order valence-electron chi connectivity index (χ1n) is 6.00.